The van der Waals surface area contributed by atoms with Gasteiger partial charge in [-0.1, -0.05) is 35.6 Å². The zero-order chi connectivity index (χ0) is 25.9. The summed E-state index contributed by atoms with van der Waals surface area (Å²) in [5.74, 6) is 1.08. The molecule has 3 aromatic rings. The van der Waals surface area contributed by atoms with E-state index in [0.717, 1.165) is 5.56 Å². The van der Waals surface area contributed by atoms with E-state index in [1.807, 2.05) is 42.5 Å². The summed E-state index contributed by atoms with van der Waals surface area (Å²) in [5, 5.41) is 3.79. The zero-order valence-electron chi connectivity index (χ0n) is 20.9. The van der Waals surface area contributed by atoms with Crippen molar-refractivity contribution in [2.45, 2.75) is 32.9 Å². The number of hydrogen-bond acceptors (Lipinski definition) is 9. The third kappa shape index (κ3) is 7.22. The maximum Gasteiger partial charge on any atom is 0.348 e. The molecule has 1 N–H and O–H groups in total. The Balaban J connectivity index is 1.83. The van der Waals surface area contributed by atoms with E-state index in [-0.39, 0.29) is 19.8 Å². The van der Waals surface area contributed by atoms with E-state index in [1.54, 1.807) is 40.2 Å². The molecule has 1 heterocycles. The molecule has 192 valence electrons. The minimum Gasteiger partial charge on any atom is -0.497 e. The van der Waals surface area contributed by atoms with Crippen LogP contribution in [0.2, 0.25) is 0 Å². The highest BCUT2D eigenvalue weighted by atomic mass is 32.1. The maximum atomic E-state index is 12.8. The molecule has 3 rings (SSSR count). The van der Waals surface area contributed by atoms with Crippen LogP contribution in [0.25, 0.3) is 0 Å². The third-order valence-corrected chi connectivity index (χ3v) is 6.27. The number of rotatable bonds is 13. The number of carbonyl (C=O) groups excluding carboxylic acids is 2. The van der Waals surface area contributed by atoms with Crippen LogP contribution >= 0.6 is 11.3 Å². The smallest absolute Gasteiger partial charge is 0.348 e. The van der Waals surface area contributed by atoms with Crippen LogP contribution in [0.3, 0.4) is 0 Å². The second-order valence-electron chi connectivity index (χ2n) is 7.62. The monoisotopic (exact) mass is 513 g/mol. The van der Waals surface area contributed by atoms with E-state index in [1.165, 1.54) is 11.3 Å². The van der Waals surface area contributed by atoms with Gasteiger partial charge in [-0.25, -0.2) is 4.79 Å². The van der Waals surface area contributed by atoms with E-state index in [9.17, 15) is 9.59 Å². The molecule has 0 aliphatic heterocycles. The molecule has 0 fully saturated rings. The van der Waals surface area contributed by atoms with Crippen molar-refractivity contribution < 1.29 is 33.3 Å². The molecular weight excluding hydrogens is 482 g/mol. The lowest BCUT2D eigenvalue weighted by molar-refractivity contribution is -0.145. The predicted octanol–water partition coefficient (Wildman–Crippen LogP) is 5.00. The van der Waals surface area contributed by atoms with Crippen molar-refractivity contribution in [2.75, 3.05) is 27.4 Å². The summed E-state index contributed by atoms with van der Waals surface area (Å²) in [6.45, 7) is 4.24. The zero-order valence-corrected chi connectivity index (χ0v) is 21.7. The van der Waals surface area contributed by atoms with Crippen molar-refractivity contribution in [2.24, 2.45) is 0 Å². The van der Waals surface area contributed by atoms with Gasteiger partial charge in [0.25, 0.3) is 0 Å². The number of esters is 2. The number of ether oxygens (including phenoxy) is 5. The van der Waals surface area contributed by atoms with Crippen LogP contribution in [-0.2, 0) is 27.2 Å². The Bertz CT molecular complexity index is 1150. The number of hydrogen-bond donors (Lipinski definition) is 1. The molecular formula is C27H31NO7S. The lowest BCUT2D eigenvalue weighted by Crippen LogP contribution is -2.39. The maximum absolute atomic E-state index is 12.8. The van der Waals surface area contributed by atoms with Crippen LogP contribution < -0.4 is 19.5 Å². The molecule has 0 bridgehead atoms. The lowest BCUT2D eigenvalue weighted by Gasteiger charge is -2.19. The Morgan fingerprint density at radius 1 is 0.889 bits per heavy atom. The Morgan fingerprint density at radius 3 is 2.31 bits per heavy atom. The largest absolute Gasteiger partial charge is 0.497 e. The molecule has 2 aromatic carbocycles. The van der Waals surface area contributed by atoms with Gasteiger partial charge in [0.05, 0.1) is 27.4 Å². The van der Waals surface area contributed by atoms with Crippen LogP contribution in [0, 0.1) is 0 Å². The van der Waals surface area contributed by atoms with E-state index < -0.39 is 18.0 Å². The van der Waals surface area contributed by atoms with E-state index >= 15 is 0 Å². The summed E-state index contributed by atoms with van der Waals surface area (Å²) in [7, 11) is 3.14. The second kappa shape index (κ2) is 13.5. The third-order valence-electron chi connectivity index (χ3n) is 5.24. The Kier molecular flexibility index (Phi) is 10.1. The highest BCUT2D eigenvalue weighted by Crippen LogP contribution is 2.34. The van der Waals surface area contributed by atoms with Gasteiger partial charge in [-0.3, -0.25) is 10.1 Å². The average molecular weight is 514 g/mol. The quantitative estimate of drug-likeness (QED) is 0.319. The SMILES string of the molecule is CCOC(=O)c1sc(Oc2ccccc2)cc1CNC(Cc1ccc(OC)cc1OC)C(=O)OCC. The molecule has 9 heteroatoms. The Hall–Kier alpha value is -3.56. The normalized spacial score (nSPS) is 11.4. The van der Waals surface area contributed by atoms with Crippen molar-refractivity contribution in [3.8, 4) is 22.3 Å². The molecule has 36 heavy (non-hydrogen) atoms. The van der Waals surface area contributed by atoms with Gasteiger partial charge in [0.2, 0.25) is 0 Å². The van der Waals surface area contributed by atoms with Crippen LogP contribution in [0.15, 0.2) is 54.6 Å². The van der Waals surface area contributed by atoms with Crippen molar-refractivity contribution >= 4 is 23.3 Å². The minimum absolute atomic E-state index is 0.227. The topological polar surface area (TPSA) is 92.3 Å². The molecule has 0 amide bonds. The van der Waals surface area contributed by atoms with E-state index in [4.69, 9.17) is 23.7 Å². The number of thiophene rings is 1. The number of benzene rings is 2. The lowest BCUT2D eigenvalue weighted by atomic mass is 10.0. The Labute approximate surface area is 215 Å². The first kappa shape index (κ1) is 27.0. The van der Waals surface area contributed by atoms with Gasteiger partial charge >= 0.3 is 11.9 Å². The van der Waals surface area contributed by atoms with Crippen molar-refractivity contribution in [1.29, 1.82) is 0 Å². The highest BCUT2D eigenvalue weighted by molar-refractivity contribution is 7.16. The first-order valence-electron chi connectivity index (χ1n) is 11.6. The summed E-state index contributed by atoms with van der Waals surface area (Å²) in [5.41, 5.74) is 1.48. The average Bonchev–Trinajstić information content (AvgIpc) is 3.29. The molecule has 0 aliphatic rings. The fraction of sp³-hybridized carbons (Fsp3) is 0.333. The summed E-state index contributed by atoms with van der Waals surface area (Å²) < 4.78 is 27.2. The van der Waals surface area contributed by atoms with Gasteiger partial charge < -0.3 is 23.7 Å². The minimum atomic E-state index is -0.680. The van der Waals surface area contributed by atoms with E-state index in [2.05, 4.69) is 5.32 Å². The second-order valence-corrected chi connectivity index (χ2v) is 8.64. The molecule has 0 radical (unpaired) electrons. The van der Waals surface area contributed by atoms with Crippen LogP contribution in [0.4, 0.5) is 0 Å². The molecule has 0 saturated carbocycles. The van der Waals surface area contributed by atoms with Crippen LogP contribution in [0.5, 0.6) is 22.3 Å². The van der Waals surface area contributed by atoms with Gasteiger partial charge in [-0.15, -0.1) is 0 Å². The van der Waals surface area contributed by atoms with Crippen LogP contribution in [0.1, 0.15) is 34.6 Å². The van der Waals surface area contributed by atoms with Gasteiger partial charge in [0.1, 0.15) is 28.2 Å². The summed E-state index contributed by atoms with van der Waals surface area (Å²) in [6, 6.07) is 15.8. The standard InChI is InChI=1S/C27H31NO7S/c1-5-33-26(29)22(14-18-12-13-21(31-3)16-23(18)32-4)28-17-19-15-24(35-20-10-8-7-9-11-20)36-25(19)27(30)34-6-2/h7-13,15-16,22,28H,5-6,14,17H2,1-4H3. The highest BCUT2D eigenvalue weighted by Gasteiger charge is 2.24. The fourth-order valence-electron chi connectivity index (χ4n) is 3.51. The summed E-state index contributed by atoms with van der Waals surface area (Å²) >= 11 is 1.20. The summed E-state index contributed by atoms with van der Waals surface area (Å²) in [6.07, 6.45) is 0.318. The van der Waals surface area contributed by atoms with Gasteiger partial charge in [0.15, 0.2) is 5.06 Å². The van der Waals surface area contributed by atoms with Crippen molar-refractivity contribution in [3.05, 3.63) is 70.6 Å². The Morgan fingerprint density at radius 2 is 1.64 bits per heavy atom. The molecule has 0 saturated heterocycles. The molecule has 1 aromatic heterocycles. The van der Waals surface area contributed by atoms with Crippen molar-refractivity contribution in [1.82, 2.24) is 5.32 Å². The first-order valence-corrected chi connectivity index (χ1v) is 12.4. The number of carbonyl (C=O) groups is 2. The number of para-hydroxylation sites is 1. The molecule has 1 unspecified atom stereocenters. The number of nitrogens with one attached hydrogen (secondary N) is 1. The fourth-order valence-corrected chi connectivity index (χ4v) is 4.46. The molecule has 0 aliphatic carbocycles. The predicted molar refractivity (Wildman–Crippen MR) is 137 cm³/mol. The van der Waals surface area contributed by atoms with Gasteiger partial charge in [-0.05, 0) is 49.2 Å². The van der Waals surface area contributed by atoms with Crippen LogP contribution in [-0.4, -0.2) is 45.4 Å². The van der Waals surface area contributed by atoms with Crippen molar-refractivity contribution in [3.63, 3.8) is 0 Å². The first-order chi connectivity index (χ1) is 17.5. The number of methoxy groups -OCH3 is 2. The molecule has 1 atom stereocenters. The summed E-state index contributed by atoms with van der Waals surface area (Å²) in [4.78, 5) is 25.8. The molecule has 0 spiro atoms. The van der Waals surface area contributed by atoms with E-state index in [0.29, 0.717) is 39.2 Å². The van der Waals surface area contributed by atoms with Gasteiger partial charge in [0, 0.05) is 19.0 Å². The van der Waals surface area contributed by atoms with Gasteiger partial charge in [-0.2, -0.15) is 0 Å². The molecule has 8 nitrogen and oxygen atoms in total.